The summed E-state index contributed by atoms with van der Waals surface area (Å²) in [6.07, 6.45) is 30.8. The molecule has 2 aromatic rings. The zero-order chi connectivity index (χ0) is 38.6. The fourth-order valence-corrected chi connectivity index (χ4v) is 10.9. The van der Waals surface area contributed by atoms with Crippen LogP contribution < -0.4 is 0 Å². The molecule has 9 heteroatoms. The molecular weight excluding hydrogens is 717 g/mol. The monoisotopic (exact) mass is 790 g/mol. The lowest BCUT2D eigenvalue weighted by atomic mass is 9.89. The van der Waals surface area contributed by atoms with Crippen molar-refractivity contribution >= 4 is 31.4 Å². The van der Waals surface area contributed by atoms with Gasteiger partial charge >= 0.3 is 0 Å². The van der Waals surface area contributed by atoms with Crippen LogP contribution in [0.1, 0.15) is 218 Å². The summed E-state index contributed by atoms with van der Waals surface area (Å²) in [5.74, 6) is 0.220. The van der Waals surface area contributed by atoms with E-state index in [9.17, 15) is 16.8 Å². The van der Waals surface area contributed by atoms with E-state index in [1.165, 1.54) is 103 Å². The quantitative estimate of drug-likeness (QED) is 0.0690. The van der Waals surface area contributed by atoms with Crippen LogP contribution in [0.15, 0.2) is 65.9 Å². The van der Waals surface area contributed by atoms with Crippen molar-refractivity contribution in [2.45, 2.75) is 216 Å². The Balaban J connectivity index is 2.10. The summed E-state index contributed by atoms with van der Waals surface area (Å²) >= 11 is 0.268. The number of hydrogen-bond donors (Lipinski definition) is 0. The predicted octanol–water partition coefficient (Wildman–Crippen LogP) is 14.6. The van der Waals surface area contributed by atoms with E-state index in [-0.39, 0.29) is 33.0 Å². The van der Waals surface area contributed by atoms with Gasteiger partial charge < -0.3 is 0 Å². The summed E-state index contributed by atoms with van der Waals surface area (Å²) in [7, 11) is -8.29. The minimum Gasteiger partial charge on any atom is -0.198 e. The third-order valence-electron chi connectivity index (χ3n) is 10.6. The largest absolute Gasteiger partial charge is 0.293 e. The first-order valence-corrected chi connectivity index (χ1v) is 25.1. The highest BCUT2D eigenvalue weighted by atomic mass is 32.3. The van der Waals surface area contributed by atoms with E-state index in [1.807, 2.05) is 24.3 Å². The van der Waals surface area contributed by atoms with Gasteiger partial charge in [-0.1, -0.05) is 213 Å². The van der Waals surface area contributed by atoms with Gasteiger partial charge in [0.05, 0.1) is 21.1 Å². The van der Waals surface area contributed by atoms with Crippen LogP contribution >= 0.6 is 0 Å². The Labute approximate surface area is 330 Å². The van der Waals surface area contributed by atoms with Crippen LogP contribution in [0.4, 0.5) is 0 Å². The number of unbranched alkanes of at least 4 members (excludes halogenated alkanes) is 18. The van der Waals surface area contributed by atoms with Crippen LogP contribution in [0.2, 0.25) is 0 Å². The smallest absolute Gasteiger partial charge is 0.198 e. The lowest BCUT2D eigenvalue weighted by Gasteiger charge is -2.19. The van der Waals surface area contributed by atoms with E-state index in [1.54, 1.807) is 24.3 Å². The van der Waals surface area contributed by atoms with Gasteiger partial charge in [-0.3, -0.25) is 0 Å². The van der Waals surface area contributed by atoms with E-state index in [2.05, 4.69) is 35.2 Å². The van der Waals surface area contributed by atoms with Crippen molar-refractivity contribution in [2.24, 2.45) is 7.54 Å². The van der Waals surface area contributed by atoms with Crippen molar-refractivity contribution in [1.29, 1.82) is 0 Å². The lowest BCUT2D eigenvalue weighted by Crippen LogP contribution is -2.08. The molecule has 0 amide bonds. The average molecular weight is 791 g/mol. The molecule has 6 nitrogen and oxygen atoms in total. The van der Waals surface area contributed by atoms with Gasteiger partial charge in [0.15, 0.2) is 0 Å². The summed E-state index contributed by atoms with van der Waals surface area (Å²) in [5, 5.41) is 0. The number of rotatable bonds is 32. The molecule has 2 rings (SSSR count). The van der Waals surface area contributed by atoms with E-state index >= 15 is 0 Å². The minimum absolute atomic E-state index is 0.110. The number of hydrogen-bond acceptors (Lipinski definition) is 4. The Hall–Kier alpha value is -1.84. The summed E-state index contributed by atoms with van der Waals surface area (Å²) in [6.45, 7) is 8.76. The number of sulfonamides is 2. The maximum atomic E-state index is 13.6. The first-order chi connectivity index (χ1) is 25.7. The average Bonchev–Trinajstić information content (AvgIpc) is 3.15. The third kappa shape index (κ3) is 19.0. The summed E-state index contributed by atoms with van der Waals surface area (Å²) < 4.78 is 62.2. The second-order valence-electron chi connectivity index (χ2n) is 15.2. The molecule has 0 aliphatic rings. The second kappa shape index (κ2) is 28.6. The molecule has 0 bridgehead atoms. The molecule has 0 heterocycles. The van der Waals surface area contributed by atoms with Crippen molar-refractivity contribution in [2.75, 3.05) is 0 Å². The van der Waals surface area contributed by atoms with E-state index in [4.69, 9.17) is 0 Å². The molecule has 0 N–H and O–H groups in total. The van der Waals surface area contributed by atoms with Crippen molar-refractivity contribution in [3.05, 3.63) is 59.7 Å². The van der Waals surface area contributed by atoms with Gasteiger partial charge in [-0.15, -0.1) is 0 Å². The molecule has 2 aromatic carbocycles. The lowest BCUT2D eigenvalue weighted by molar-refractivity contribution is 0.499. The van der Waals surface area contributed by atoms with Gasteiger partial charge in [0.1, 0.15) is 0 Å². The maximum absolute atomic E-state index is 13.6. The molecule has 2 atom stereocenters. The van der Waals surface area contributed by atoms with Crippen molar-refractivity contribution < 1.29 is 16.8 Å². The van der Waals surface area contributed by atoms with Crippen LogP contribution in [-0.4, -0.2) is 16.8 Å². The predicted molar refractivity (Wildman–Crippen MR) is 228 cm³/mol. The molecule has 0 aliphatic carbocycles. The Morgan fingerprint density at radius 3 is 1.04 bits per heavy atom. The molecule has 53 heavy (non-hydrogen) atoms. The minimum atomic E-state index is -4.14. The Morgan fingerprint density at radius 2 is 0.717 bits per heavy atom. The molecule has 0 saturated heterocycles. The molecule has 0 saturated carbocycles. The third-order valence-corrected chi connectivity index (χ3v) is 14.6. The van der Waals surface area contributed by atoms with Crippen molar-refractivity contribution in [3.8, 4) is 0 Å². The summed E-state index contributed by atoms with van der Waals surface area (Å²) in [4.78, 5) is 0.316. The molecule has 302 valence electrons. The van der Waals surface area contributed by atoms with E-state index in [0.717, 1.165) is 75.3 Å². The van der Waals surface area contributed by atoms with Crippen molar-refractivity contribution in [3.63, 3.8) is 0 Å². The fraction of sp³-hybridized carbons (Fsp3) is 0.727. The van der Waals surface area contributed by atoms with E-state index < -0.39 is 20.0 Å². The van der Waals surface area contributed by atoms with Gasteiger partial charge in [0.25, 0.3) is 20.0 Å². The highest BCUT2D eigenvalue weighted by Crippen LogP contribution is 2.34. The molecule has 2 unspecified atom stereocenters. The van der Waals surface area contributed by atoms with Gasteiger partial charge in [-0.05, 0) is 60.8 Å². The zero-order valence-electron chi connectivity index (χ0n) is 33.9. The molecule has 0 aromatic heterocycles. The zero-order valence-corrected chi connectivity index (χ0v) is 36.4. The Kier molecular flexibility index (Phi) is 25.5. The van der Waals surface area contributed by atoms with E-state index in [0.29, 0.717) is 0 Å². The van der Waals surface area contributed by atoms with Gasteiger partial charge in [0.2, 0.25) is 0 Å². The van der Waals surface area contributed by atoms with Crippen molar-refractivity contribution in [1.82, 2.24) is 0 Å². The van der Waals surface area contributed by atoms with Crippen LogP contribution in [0.5, 0.6) is 0 Å². The Bertz CT molecular complexity index is 1420. The summed E-state index contributed by atoms with van der Waals surface area (Å²) in [6, 6.07) is 14.2. The fourth-order valence-electron chi connectivity index (χ4n) is 7.65. The first-order valence-electron chi connectivity index (χ1n) is 21.5. The SMILES string of the molecule is CCCCCCCCCCCCC(CCC)c1ccccc1S(=O)(=O)N=S=NS(=O)(=O)c1ccccc1C(CCC)CCCCCCCCCCCC. The molecular formula is C44H74N2O4S3. The number of benzene rings is 2. The molecule has 0 spiro atoms. The van der Waals surface area contributed by atoms with Crippen LogP contribution in [0, 0.1) is 0 Å². The maximum Gasteiger partial charge on any atom is 0.293 e. The standard InChI is InChI=1S/C44H74N2O4S3/c1-5-9-11-13-15-17-19-21-23-25-33-39(31-7-3)41-35-27-29-37-43(41)52(47,48)45-51-46-53(49,50)44-38-30-28-36-42(44)40(32-8-4)34-26-24-22-20-18-16-14-12-10-6-2/h27-30,35-40H,5-26,31-34H2,1-4H3. The molecule has 0 fully saturated rings. The van der Waals surface area contributed by atoms with Gasteiger partial charge in [-0.2, -0.15) is 16.8 Å². The van der Waals surface area contributed by atoms with Gasteiger partial charge in [-0.25, -0.2) is 0 Å². The van der Waals surface area contributed by atoms with Crippen LogP contribution in [0.3, 0.4) is 0 Å². The second-order valence-corrected chi connectivity index (χ2v) is 19.3. The van der Waals surface area contributed by atoms with Gasteiger partial charge in [0, 0.05) is 0 Å². The Morgan fingerprint density at radius 1 is 0.415 bits per heavy atom. The number of nitrogens with zero attached hydrogens (tertiary/aromatic N) is 2. The molecule has 0 radical (unpaired) electrons. The highest BCUT2D eigenvalue weighted by molar-refractivity contribution is 7.97. The topological polar surface area (TPSA) is 93.0 Å². The van der Waals surface area contributed by atoms with Crippen LogP contribution in [0.25, 0.3) is 0 Å². The first kappa shape index (κ1) is 47.3. The highest BCUT2D eigenvalue weighted by Gasteiger charge is 2.24. The summed E-state index contributed by atoms with van der Waals surface area (Å²) in [5.41, 5.74) is 1.55. The van der Waals surface area contributed by atoms with Crippen LogP contribution in [-0.2, 0) is 31.4 Å². The normalized spacial score (nSPS) is 13.1. The molecule has 0 aliphatic heterocycles.